The van der Waals surface area contributed by atoms with Crippen LogP contribution in [0.2, 0.25) is 0 Å². The highest BCUT2D eigenvalue weighted by Gasteiger charge is 2.62. The number of amides is 5. The third-order valence-corrected chi connectivity index (χ3v) is 13.9. The number of aldehydes is 1. The highest BCUT2D eigenvalue weighted by molar-refractivity contribution is 7.47. The van der Waals surface area contributed by atoms with Crippen molar-refractivity contribution in [3.8, 4) is 0 Å². The first-order chi connectivity index (χ1) is 37.3. The van der Waals surface area contributed by atoms with Gasteiger partial charge >= 0.3 is 19.9 Å². The lowest BCUT2D eigenvalue weighted by atomic mass is 9.85. The van der Waals surface area contributed by atoms with Gasteiger partial charge in [0.15, 0.2) is 62.0 Å². The number of hydrogen-bond acceptors (Lipinski definition) is 31. The van der Waals surface area contributed by atoms with Gasteiger partial charge in [0.05, 0.1) is 25.9 Å². The Morgan fingerprint density at radius 3 is 1.76 bits per heavy atom. The number of carboxylic acids is 1. The fourth-order valence-corrected chi connectivity index (χ4v) is 9.84. The molecule has 5 amide bonds. The molecule has 0 spiro atoms. The second-order valence-electron chi connectivity index (χ2n) is 18.9. The lowest BCUT2D eigenvalue weighted by molar-refractivity contribution is -0.375. The zero-order chi connectivity index (χ0) is 60.0. The van der Waals surface area contributed by atoms with Crippen molar-refractivity contribution in [1.82, 2.24) is 10.6 Å². The van der Waals surface area contributed by atoms with Crippen LogP contribution in [0.25, 0.3) is 0 Å². The van der Waals surface area contributed by atoms with E-state index in [1.807, 2.05) is 0 Å². The van der Waals surface area contributed by atoms with Crippen LogP contribution in [0.5, 0.6) is 0 Å². The molecule has 5 rings (SSSR count). The van der Waals surface area contributed by atoms with Crippen LogP contribution in [-0.2, 0) is 94.5 Å². The van der Waals surface area contributed by atoms with Gasteiger partial charge in [-0.15, -0.1) is 0 Å². The monoisotopic (exact) mass is 1190 g/mol. The Labute approximate surface area is 450 Å². The summed E-state index contributed by atoms with van der Waals surface area (Å²) in [7, 11) is -5.80. The lowest BCUT2D eigenvalue weighted by Crippen LogP contribution is -2.72. The number of primary amides is 3. The first-order valence-electron chi connectivity index (χ1n) is 23.9. The molecule has 5 aliphatic heterocycles. The van der Waals surface area contributed by atoms with Gasteiger partial charge in [0, 0.05) is 13.8 Å². The average molecular weight is 1190 g/mol. The van der Waals surface area contributed by atoms with E-state index in [1.165, 1.54) is 6.92 Å². The third-order valence-electron chi connectivity index (χ3n) is 12.9. The third kappa shape index (κ3) is 15.6. The number of nitrogens with one attached hydrogen (secondary N) is 2. The SMILES string of the molecule is CC(=O)N[C@H]1[C@H](O[C@H]2[C@H](O)[C@@H](NC(C)=O)[C@H](O[C@H]3[C@@H](OP(=O)(O)OC[C@@H](OCC=O)C(=O)O)O[C@H](C(N)=O)[C@@](C)(O)[C@@H]3OC(N)=O)O[C@@H]2CO[C@@H]2O[C@H](CO)[C@@H](O)[C@H](O)[C@H]2O)O[C@H](C)[C@@H](O[C@@H]2O[C@H](C(N)=O)[C@H](O)[C@H](O)[C@H]2O)[C@@H]1O. The number of nitrogens with two attached hydrogens (primary N) is 3. The van der Waals surface area contributed by atoms with Gasteiger partial charge in [-0.3, -0.25) is 28.2 Å². The van der Waals surface area contributed by atoms with Crippen LogP contribution in [0, 0.1) is 0 Å². The number of aliphatic carboxylic acids is 1. The topological polar surface area (TPSA) is 601 Å². The van der Waals surface area contributed by atoms with E-state index in [9.17, 15) is 99.2 Å². The molecule has 20 N–H and O–H groups in total. The second kappa shape index (κ2) is 27.8. The Balaban J connectivity index is 1.57. The normalized spacial score (nSPS) is 42.4. The summed E-state index contributed by atoms with van der Waals surface area (Å²) in [5.74, 6) is -6.59. The van der Waals surface area contributed by atoms with Crippen molar-refractivity contribution in [3.05, 3.63) is 0 Å². The van der Waals surface area contributed by atoms with Crippen LogP contribution >= 0.6 is 7.82 Å². The highest BCUT2D eigenvalue weighted by Crippen LogP contribution is 2.49. The van der Waals surface area contributed by atoms with E-state index in [-0.39, 0.29) is 6.29 Å². The molecule has 5 saturated heterocycles. The van der Waals surface area contributed by atoms with Crippen LogP contribution in [0.4, 0.5) is 4.79 Å². The molecular formula is C41H66N5O33P. The van der Waals surface area contributed by atoms with Crippen molar-refractivity contribution >= 4 is 49.8 Å². The number of aliphatic hydroxyl groups excluding tert-OH is 9. The number of ether oxygens (including phenoxy) is 11. The molecule has 0 aromatic carbocycles. The number of carbonyl (C=O) groups is 7. The molecule has 5 heterocycles. The van der Waals surface area contributed by atoms with Gasteiger partial charge in [-0.05, 0) is 13.8 Å². The van der Waals surface area contributed by atoms with E-state index in [0.29, 0.717) is 0 Å². The predicted octanol–water partition coefficient (Wildman–Crippen LogP) is -11.3. The molecule has 5 aliphatic rings. The molecule has 0 saturated carbocycles. The van der Waals surface area contributed by atoms with Gasteiger partial charge in [-0.2, -0.15) is 0 Å². The molecule has 0 aliphatic carbocycles. The lowest BCUT2D eigenvalue weighted by Gasteiger charge is -2.52. The molecule has 0 aromatic rings. The van der Waals surface area contributed by atoms with Crippen LogP contribution in [0.15, 0.2) is 0 Å². The van der Waals surface area contributed by atoms with E-state index in [2.05, 4.69) is 10.6 Å². The van der Waals surface area contributed by atoms with Crippen molar-refractivity contribution in [3.63, 3.8) is 0 Å². The minimum Gasteiger partial charge on any atom is -0.479 e. The average Bonchev–Trinajstić information content (AvgIpc) is 3.57. The number of aliphatic hydroxyl groups is 10. The minimum atomic E-state index is -5.80. The standard InChI is InChI=1S/C41H66N5O33P/c1-10-26(73-38-25(58)22(55)23(56)28(75-38)32(42)59)19(52)16(45-11(2)49)35(70-10)74-27-14(8-68-37-24(57)21(54)18(51)13(7-48)71-37)72-36(17(20(27)53)46-12(3)50)76-29-30(78-40(44)63)41(4,64)31(33(43)60)77-39(29)79-80(65,66)69-9-15(34(61)62)67-6-5-47/h5,10,13-31,35-39,48,51-58,64H,6-9H2,1-4H3,(H2,42,59)(H2,43,60)(H2,44,63)(H,45,49)(H,46,50)(H,61,62)(H,65,66)/t10-,13-,14-,15-,16-,17-,18-,19-,20-,21+,22+,23-,24-,25-,26-,27-,28+,29-,30-,31-,35+,36+,37-,38-,39-,41+/m1/s1. The minimum absolute atomic E-state index is 0.131. The number of rotatable bonds is 24. The van der Waals surface area contributed by atoms with Gasteiger partial charge in [0.2, 0.25) is 23.6 Å². The molecule has 39 heteroatoms. The Morgan fingerprint density at radius 1 is 0.688 bits per heavy atom. The highest BCUT2D eigenvalue weighted by atomic mass is 31.2. The van der Waals surface area contributed by atoms with Gasteiger partial charge < -0.3 is 146 Å². The van der Waals surface area contributed by atoms with E-state index in [4.69, 9.17) is 78.4 Å². The van der Waals surface area contributed by atoms with E-state index >= 15 is 0 Å². The van der Waals surface area contributed by atoms with E-state index < -0.39 is 229 Å². The first-order valence-corrected chi connectivity index (χ1v) is 25.4. The summed E-state index contributed by atoms with van der Waals surface area (Å²) >= 11 is 0. The van der Waals surface area contributed by atoms with Crippen molar-refractivity contribution < 1.29 is 160 Å². The molecule has 27 atom stereocenters. The Bertz CT molecular complexity index is 2220. The quantitative estimate of drug-likeness (QED) is 0.0315. The Morgan fingerprint density at radius 2 is 1.23 bits per heavy atom. The molecule has 38 nitrogen and oxygen atoms in total. The number of carbonyl (C=O) groups excluding carboxylic acids is 6. The van der Waals surface area contributed by atoms with Crippen LogP contribution in [0.1, 0.15) is 27.7 Å². The maximum atomic E-state index is 13.5. The van der Waals surface area contributed by atoms with Crippen molar-refractivity contribution in [2.45, 2.75) is 187 Å². The number of phosphoric acid groups is 1. The molecule has 80 heavy (non-hydrogen) atoms. The van der Waals surface area contributed by atoms with Gasteiger partial charge in [-0.25, -0.2) is 14.2 Å². The van der Waals surface area contributed by atoms with Crippen molar-refractivity contribution in [2.75, 3.05) is 26.4 Å². The second-order valence-corrected chi connectivity index (χ2v) is 20.3. The largest absolute Gasteiger partial charge is 0.479 e. The van der Waals surface area contributed by atoms with Crippen LogP contribution < -0.4 is 27.8 Å². The predicted molar refractivity (Wildman–Crippen MR) is 244 cm³/mol. The van der Waals surface area contributed by atoms with Crippen LogP contribution in [-0.4, -0.2) is 288 Å². The number of hydrogen-bond donors (Lipinski definition) is 17. The summed E-state index contributed by atoms with van der Waals surface area (Å²) in [6, 6.07) is -3.91. The van der Waals surface area contributed by atoms with Gasteiger partial charge in [0.1, 0.15) is 104 Å². The fourth-order valence-electron chi connectivity index (χ4n) is 9.02. The molecule has 0 aromatic heterocycles. The molecule has 458 valence electrons. The van der Waals surface area contributed by atoms with E-state index in [0.717, 1.165) is 20.8 Å². The molecule has 0 bridgehead atoms. The van der Waals surface area contributed by atoms with Crippen LogP contribution in [0.3, 0.4) is 0 Å². The fraction of sp³-hybridized carbons (Fsp3) is 0.829. The molecular weight excluding hydrogens is 1120 g/mol. The first kappa shape index (κ1) is 66.4. The number of carboxylic acid groups (broad SMARTS) is 1. The summed E-state index contributed by atoms with van der Waals surface area (Å²) in [5.41, 5.74) is 13.2. The number of phosphoric ester groups is 1. The Kier molecular flexibility index (Phi) is 23.1. The summed E-state index contributed by atoms with van der Waals surface area (Å²) in [6.07, 6.45) is -49.6. The molecule has 1 unspecified atom stereocenters. The maximum Gasteiger partial charge on any atom is 0.474 e. The van der Waals surface area contributed by atoms with Gasteiger partial charge in [-0.1, -0.05) is 0 Å². The summed E-state index contributed by atoms with van der Waals surface area (Å²) in [4.78, 5) is 96.4. The van der Waals surface area contributed by atoms with Gasteiger partial charge in [0.25, 0.3) is 0 Å². The zero-order valence-corrected chi connectivity index (χ0v) is 43.4. The Hall–Kier alpha value is -4.40. The molecule has 5 fully saturated rings. The zero-order valence-electron chi connectivity index (χ0n) is 42.5. The summed E-state index contributed by atoms with van der Waals surface area (Å²) in [5, 5.41) is 123. The van der Waals surface area contributed by atoms with E-state index in [1.54, 1.807) is 0 Å². The molecule has 0 radical (unpaired) electrons. The smallest absolute Gasteiger partial charge is 0.474 e. The van der Waals surface area contributed by atoms with Crippen molar-refractivity contribution in [2.24, 2.45) is 17.2 Å². The van der Waals surface area contributed by atoms with Crippen molar-refractivity contribution in [1.29, 1.82) is 0 Å². The maximum absolute atomic E-state index is 13.5. The summed E-state index contributed by atoms with van der Waals surface area (Å²) < 4.78 is 85.5. The summed E-state index contributed by atoms with van der Waals surface area (Å²) in [6.45, 7) is -0.354.